The first kappa shape index (κ1) is 18.4. The van der Waals surface area contributed by atoms with Gasteiger partial charge in [-0.2, -0.15) is 0 Å². The Morgan fingerprint density at radius 2 is 2.17 bits per heavy atom. The number of allylic oxidation sites excluding steroid dienone is 1. The zero-order valence-corrected chi connectivity index (χ0v) is 17.1. The zero-order chi connectivity index (χ0) is 20.1. The van der Waals surface area contributed by atoms with E-state index in [0.29, 0.717) is 16.9 Å². The Morgan fingerprint density at radius 1 is 1.38 bits per heavy atom. The van der Waals surface area contributed by atoms with Gasteiger partial charge < -0.3 is 14.4 Å². The lowest BCUT2D eigenvalue weighted by Crippen LogP contribution is -2.51. The number of rotatable bonds is 5. The molecule has 0 aliphatic carbocycles. The van der Waals surface area contributed by atoms with E-state index in [-0.39, 0.29) is 17.0 Å². The van der Waals surface area contributed by atoms with Crippen molar-refractivity contribution in [3.8, 4) is 5.75 Å². The van der Waals surface area contributed by atoms with Crippen LogP contribution in [0.15, 0.2) is 51.8 Å². The number of fused-ring (bicyclic) bond motifs is 2. The largest absolute Gasteiger partial charge is 0.497 e. The van der Waals surface area contributed by atoms with E-state index in [0.717, 1.165) is 34.5 Å². The molecule has 0 bridgehead atoms. The molecule has 1 aromatic heterocycles. The average molecular weight is 428 g/mol. The van der Waals surface area contributed by atoms with Crippen molar-refractivity contribution in [2.45, 2.75) is 23.5 Å². The highest BCUT2D eigenvalue weighted by Gasteiger charge is 2.52. The van der Waals surface area contributed by atoms with Gasteiger partial charge in [0.2, 0.25) is 0 Å². The van der Waals surface area contributed by atoms with Gasteiger partial charge in [-0.05, 0) is 23.8 Å². The van der Waals surface area contributed by atoms with Crippen LogP contribution < -0.4 is 4.74 Å². The number of carboxylic acids is 1. The quantitative estimate of drug-likeness (QED) is 0.580. The molecule has 29 heavy (non-hydrogen) atoms. The second kappa shape index (κ2) is 7.00. The lowest BCUT2D eigenvalue weighted by Gasteiger charge is -2.36. The van der Waals surface area contributed by atoms with E-state index < -0.39 is 5.97 Å². The van der Waals surface area contributed by atoms with Crippen LogP contribution in [0.5, 0.6) is 5.75 Å². The number of aromatic nitrogens is 2. The van der Waals surface area contributed by atoms with Gasteiger partial charge in [-0.15, -0.1) is 0 Å². The first-order chi connectivity index (χ1) is 14.0. The number of thioether (sulfide) groups is 2. The highest BCUT2D eigenvalue weighted by atomic mass is 32.2. The van der Waals surface area contributed by atoms with Gasteiger partial charge in [0, 0.05) is 29.8 Å². The number of β-lactam (4-membered cyclic amide) rings is 1. The molecule has 0 unspecified atom stereocenters. The minimum Gasteiger partial charge on any atom is -0.497 e. The molecule has 1 amide bonds. The fourth-order valence-electron chi connectivity index (χ4n) is 3.65. The summed E-state index contributed by atoms with van der Waals surface area (Å²) in [7, 11) is 1.60. The molecule has 3 aliphatic heterocycles. The molecule has 7 nitrogen and oxygen atoms in total. The molecule has 1 fully saturated rings. The maximum Gasteiger partial charge on any atom is 0.353 e. The van der Waals surface area contributed by atoms with Gasteiger partial charge in [0.25, 0.3) is 5.91 Å². The Balaban J connectivity index is 1.40. The number of carbonyl (C=O) groups excluding carboxylic acids is 1. The van der Waals surface area contributed by atoms with Gasteiger partial charge in [-0.3, -0.25) is 9.69 Å². The van der Waals surface area contributed by atoms with Gasteiger partial charge in [0.1, 0.15) is 16.8 Å². The predicted molar refractivity (Wildman–Crippen MR) is 111 cm³/mol. The second-order valence-corrected chi connectivity index (χ2v) is 9.07. The highest BCUT2D eigenvalue weighted by molar-refractivity contribution is 8.04. The lowest BCUT2D eigenvalue weighted by atomic mass is 10.0. The van der Waals surface area contributed by atoms with E-state index in [1.807, 2.05) is 30.5 Å². The van der Waals surface area contributed by atoms with E-state index in [9.17, 15) is 14.7 Å². The zero-order valence-electron chi connectivity index (χ0n) is 15.5. The number of carbonyl (C=O) groups is 2. The summed E-state index contributed by atoms with van der Waals surface area (Å²) in [6.45, 7) is 0.922. The number of hydrogen-bond donors (Lipinski definition) is 1. The van der Waals surface area contributed by atoms with Crippen LogP contribution in [0.4, 0.5) is 0 Å². The first-order valence-corrected chi connectivity index (χ1v) is 10.9. The minimum atomic E-state index is -1.08. The van der Waals surface area contributed by atoms with Crippen molar-refractivity contribution in [3.05, 3.63) is 57.9 Å². The number of benzene rings is 1. The van der Waals surface area contributed by atoms with Crippen LogP contribution >= 0.6 is 23.5 Å². The maximum atomic E-state index is 12.7. The summed E-state index contributed by atoms with van der Waals surface area (Å²) in [5.74, 6) is 0.429. The molecule has 1 N–H and O–H groups in total. The van der Waals surface area contributed by atoms with Crippen LogP contribution in [0.3, 0.4) is 0 Å². The molecule has 0 saturated carbocycles. The molecule has 4 heterocycles. The molecule has 0 spiro atoms. The topological polar surface area (TPSA) is 84.7 Å². The summed E-state index contributed by atoms with van der Waals surface area (Å²) < 4.78 is 7.25. The summed E-state index contributed by atoms with van der Waals surface area (Å²) >= 11 is 3.13. The number of carboxylic acid groups (broad SMARTS) is 1. The fraction of sp³-hybridized carbons (Fsp3) is 0.250. The lowest BCUT2D eigenvalue weighted by molar-refractivity contribution is -0.141. The number of nitrogens with zero attached hydrogens (tertiary/aromatic N) is 3. The smallest absolute Gasteiger partial charge is 0.353 e. The molecule has 1 atom stereocenters. The normalized spacial score (nSPS) is 21.4. The van der Waals surface area contributed by atoms with E-state index in [1.54, 1.807) is 24.9 Å². The number of imidazole rings is 1. The summed E-state index contributed by atoms with van der Waals surface area (Å²) in [6.07, 6.45) is 4.19. The number of methoxy groups -OCH3 is 1. The molecular weight excluding hydrogens is 410 g/mol. The number of aryl methyl sites for hydroxylation is 1. The summed E-state index contributed by atoms with van der Waals surface area (Å²) in [4.78, 5) is 31.2. The molecule has 1 saturated heterocycles. The van der Waals surface area contributed by atoms with Crippen LogP contribution in [-0.4, -0.2) is 49.7 Å². The summed E-state index contributed by atoms with van der Waals surface area (Å²) in [5.41, 5.74) is 2.40. The molecule has 5 rings (SSSR count). The number of hydrogen-bond acceptors (Lipinski definition) is 6. The molecular formula is C20H17N3O4S2. The van der Waals surface area contributed by atoms with Crippen molar-refractivity contribution >= 4 is 41.5 Å². The van der Waals surface area contributed by atoms with Crippen molar-refractivity contribution in [2.75, 3.05) is 12.9 Å². The van der Waals surface area contributed by atoms with Crippen LogP contribution in [0, 0.1) is 0 Å². The van der Waals surface area contributed by atoms with E-state index in [2.05, 4.69) is 9.55 Å². The van der Waals surface area contributed by atoms with E-state index in [4.69, 9.17) is 4.74 Å². The molecule has 0 radical (unpaired) electrons. The number of ether oxygens (including phenoxy) is 1. The third-order valence-corrected chi connectivity index (χ3v) is 7.36. The first-order valence-electron chi connectivity index (χ1n) is 9.06. The third kappa shape index (κ3) is 3.05. The van der Waals surface area contributed by atoms with Crippen molar-refractivity contribution in [1.29, 1.82) is 0 Å². The highest BCUT2D eigenvalue weighted by Crippen LogP contribution is 2.50. The van der Waals surface area contributed by atoms with Gasteiger partial charge in [0.05, 0.1) is 18.4 Å². The molecule has 148 valence electrons. The van der Waals surface area contributed by atoms with Gasteiger partial charge in [0.15, 0.2) is 5.16 Å². The van der Waals surface area contributed by atoms with Crippen molar-refractivity contribution in [1.82, 2.24) is 14.5 Å². The Kier molecular flexibility index (Phi) is 4.44. The van der Waals surface area contributed by atoms with Crippen LogP contribution in [0.1, 0.15) is 11.3 Å². The fourth-order valence-corrected chi connectivity index (χ4v) is 6.02. The molecule has 9 heteroatoms. The molecule has 3 aliphatic rings. The van der Waals surface area contributed by atoms with Crippen molar-refractivity contribution in [2.24, 2.45) is 0 Å². The minimum absolute atomic E-state index is 0.0841. The molecule has 1 aromatic carbocycles. The monoisotopic (exact) mass is 427 g/mol. The van der Waals surface area contributed by atoms with Crippen molar-refractivity contribution in [3.63, 3.8) is 0 Å². The predicted octanol–water partition coefficient (Wildman–Crippen LogP) is 2.83. The van der Waals surface area contributed by atoms with Gasteiger partial charge in [-0.25, -0.2) is 9.78 Å². The third-order valence-electron chi connectivity index (χ3n) is 5.08. The van der Waals surface area contributed by atoms with Crippen LogP contribution in [0.2, 0.25) is 0 Å². The Hall–Kier alpha value is -2.65. The van der Waals surface area contributed by atoms with Crippen LogP contribution in [0.25, 0.3) is 6.08 Å². The Bertz CT molecular complexity index is 1070. The summed E-state index contributed by atoms with van der Waals surface area (Å²) in [5, 5.41) is 10.4. The Labute approximate surface area is 175 Å². The van der Waals surface area contributed by atoms with Crippen LogP contribution in [-0.2, 0) is 22.6 Å². The maximum absolute atomic E-state index is 12.7. The standard InChI is InChI=1S/C20H17N3O4S2/c1-27-13-4-2-11(3-5-13)8-15-16(19(25)26)23-17(24)14(18(23)29-15)9-12-10-22-6-7-28-20(22)21-12/h2-5,9-10,18H,6-8H2,1H3,(H,25,26)/b14-9-/t18-/m1/s1. The number of amides is 1. The van der Waals surface area contributed by atoms with E-state index >= 15 is 0 Å². The number of aliphatic carboxylic acids is 1. The van der Waals surface area contributed by atoms with Gasteiger partial charge in [-0.1, -0.05) is 35.7 Å². The average Bonchev–Trinajstić information content (AvgIpc) is 3.38. The molecule has 2 aromatic rings. The van der Waals surface area contributed by atoms with Crippen molar-refractivity contribution < 1.29 is 19.4 Å². The second-order valence-electron chi connectivity index (χ2n) is 6.84. The Morgan fingerprint density at radius 3 is 2.86 bits per heavy atom. The summed E-state index contributed by atoms with van der Waals surface area (Å²) in [6, 6.07) is 7.50. The van der Waals surface area contributed by atoms with Gasteiger partial charge >= 0.3 is 5.97 Å². The van der Waals surface area contributed by atoms with E-state index in [1.165, 1.54) is 16.7 Å². The SMILES string of the molecule is COc1ccc(CC2=C(C(=O)O)N3C(=O)/C(=C/c4cn5c(n4)SCC5)[C@H]3S2)cc1.